The van der Waals surface area contributed by atoms with Gasteiger partial charge in [-0.3, -0.25) is 4.79 Å². The van der Waals surface area contributed by atoms with Gasteiger partial charge in [0.05, 0.1) is 16.7 Å². The Morgan fingerprint density at radius 3 is 2.00 bits per heavy atom. The Morgan fingerprint density at radius 1 is 1.12 bits per heavy atom. The number of amides is 2. The van der Waals surface area contributed by atoms with Crippen LogP contribution < -0.4 is 0 Å². The van der Waals surface area contributed by atoms with E-state index in [1.807, 2.05) is 41.5 Å². The Labute approximate surface area is 151 Å². The van der Waals surface area contributed by atoms with Crippen molar-refractivity contribution in [1.82, 2.24) is 4.90 Å². The molecule has 1 fully saturated rings. The second kappa shape index (κ2) is 5.84. The predicted octanol–water partition coefficient (Wildman–Crippen LogP) is 3.49. The highest BCUT2D eigenvalue weighted by atomic mass is 16.7. The maximum absolute atomic E-state index is 12.7. The van der Waals surface area contributed by atoms with Crippen molar-refractivity contribution in [3.05, 3.63) is 11.5 Å². The Hall–Kier alpha value is -1.34. The molecule has 1 saturated heterocycles. The normalized spacial score (nSPS) is 25.0. The van der Waals surface area contributed by atoms with Gasteiger partial charge in [-0.2, -0.15) is 0 Å². The van der Waals surface area contributed by atoms with Gasteiger partial charge in [-0.05, 0) is 80.3 Å². The first-order valence-corrected chi connectivity index (χ1v) is 8.69. The van der Waals surface area contributed by atoms with E-state index in [0.717, 1.165) is 5.47 Å². The summed E-state index contributed by atoms with van der Waals surface area (Å²) in [5, 5.41) is 0. The molecule has 2 aliphatic rings. The van der Waals surface area contributed by atoms with Crippen LogP contribution in [0.2, 0.25) is 0 Å². The molecule has 0 aromatic heterocycles. The molecule has 25 heavy (non-hydrogen) atoms. The number of carbonyl (C=O) groups excluding carboxylic acids is 2. The third-order valence-corrected chi connectivity index (χ3v) is 4.90. The lowest BCUT2D eigenvalue weighted by molar-refractivity contribution is -0.131. The first kappa shape index (κ1) is 20.0. The summed E-state index contributed by atoms with van der Waals surface area (Å²) in [4.78, 5) is 26.3. The third-order valence-electron chi connectivity index (χ3n) is 4.90. The maximum atomic E-state index is 12.7. The molecule has 0 aromatic carbocycles. The van der Waals surface area contributed by atoms with Crippen LogP contribution >= 0.6 is 0 Å². The average Bonchev–Trinajstić information content (AvgIpc) is 2.53. The fraction of sp³-hybridized carbons (Fsp3) is 0.778. The molecule has 2 heterocycles. The third kappa shape index (κ3) is 3.92. The molecular formula is C18H30BNO5. The second-order valence-electron chi connectivity index (χ2n) is 9.45. The van der Waals surface area contributed by atoms with Crippen molar-refractivity contribution in [2.75, 3.05) is 0 Å². The molecule has 6 nitrogen and oxygen atoms in total. The molecule has 7 heteroatoms. The monoisotopic (exact) mass is 351 g/mol. The van der Waals surface area contributed by atoms with Gasteiger partial charge in [-0.1, -0.05) is 0 Å². The minimum Gasteiger partial charge on any atom is -0.443 e. The number of rotatable bonds is 1. The molecule has 140 valence electrons. The van der Waals surface area contributed by atoms with Crippen LogP contribution in [-0.4, -0.2) is 46.4 Å². The van der Waals surface area contributed by atoms with Crippen LogP contribution in [0.25, 0.3) is 0 Å². The van der Waals surface area contributed by atoms with E-state index in [0.29, 0.717) is 6.42 Å². The number of nitrogens with zero attached hydrogens (tertiary/aromatic N) is 1. The Balaban J connectivity index is 2.26. The van der Waals surface area contributed by atoms with Crippen LogP contribution in [-0.2, 0) is 18.8 Å². The smallest absolute Gasteiger partial charge is 0.443 e. The van der Waals surface area contributed by atoms with Gasteiger partial charge in [0.25, 0.3) is 5.91 Å². The van der Waals surface area contributed by atoms with E-state index >= 15 is 0 Å². The summed E-state index contributed by atoms with van der Waals surface area (Å²) in [5.41, 5.74) is -1.61. The molecule has 0 unspecified atom stereocenters. The van der Waals surface area contributed by atoms with Crippen molar-refractivity contribution >= 4 is 19.1 Å². The predicted molar refractivity (Wildman–Crippen MR) is 95.9 cm³/mol. The number of carbonyl (C=O) groups is 2. The minimum absolute atomic E-state index is 0.407. The molecule has 0 saturated carbocycles. The van der Waals surface area contributed by atoms with E-state index in [4.69, 9.17) is 14.0 Å². The number of hydrogen-bond donors (Lipinski definition) is 0. The van der Waals surface area contributed by atoms with Crippen LogP contribution in [0, 0.1) is 0 Å². The molecule has 0 spiro atoms. The van der Waals surface area contributed by atoms with Gasteiger partial charge >= 0.3 is 13.2 Å². The highest BCUT2D eigenvalue weighted by Gasteiger charge is 2.54. The van der Waals surface area contributed by atoms with Crippen LogP contribution in [0.5, 0.6) is 0 Å². The van der Waals surface area contributed by atoms with Gasteiger partial charge < -0.3 is 14.0 Å². The summed E-state index contributed by atoms with van der Waals surface area (Å²) >= 11 is 0. The van der Waals surface area contributed by atoms with Crippen LogP contribution in [0.3, 0.4) is 0 Å². The molecule has 0 aliphatic carbocycles. The molecule has 2 aliphatic heterocycles. The quantitative estimate of drug-likeness (QED) is 0.677. The molecule has 0 aromatic rings. The van der Waals surface area contributed by atoms with Crippen molar-refractivity contribution in [3.63, 3.8) is 0 Å². The summed E-state index contributed by atoms with van der Waals surface area (Å²) in [5.74, 6) is -0.407. The molecule has 0 N–H and O–H groups in total. The SMILES string of the molecule is CC(C)(C)OC(=O)N1C(=O)C=C(B2OC(C)(C)C(C)(C)O2)CC1(C)C. The Bertz CT molecular complexity index is 599. The van der Waals surface area contributed by atoms with Crippen LogP contribution in [0.15, 0.2) is 11.5 Å². The van der Waals surface area contributed by atoms with E-state index < -0.39 is 41.5 Å². The topological polar surface area (TPSA) is 65.1 Å². The summed E-state index contributed by atoms with van der Waals surface area (Å²) in [7, 11) is -0.589. The summed E-state index contributed by atoms with van der Waals surface area (Å²) in [6.07, 6.45) is 1.28. The van der Waals surface area contributed by atoms with E-state index in [-0.39, 0.29) is 0 Å². The molecule has 0 radical (unpaired) electrons. The Morgan fingerprint density at radius 2 is 1.60 bits per heavy atom. The summed E-state index contributed by atoms with van der Waals surface area (Å²) in [6.45, 7) is 16.9. The van der Waals surface area contributed by atoms with Gasteiger partial charge in [-0.25, -0.2) is 9.69 Å². The standard InChI is InChI=1S/C18H30BNO5/c1-15(2,3)23-14(22)20-13(21)10-12(11-16(20,4)5)19-24-17(6,7)18(8,9)25-19/h10H,11H2,1-9H3. The molecule has 0 bridgehead atoms. The van der Waals surface area contributed by atoms with Gasteiger partial charge in [0.15, 0.2) is 0 Å². The van der Waals surface area contributed by atoms with Crippen molar-refractivity contribution in [1.29, 1.82) is 0 Å². The van der Waals surface area contributed by atoms with E-state index in [1.54, 1.807) is 20.8 Å². The zero-order valence-corrected chi connectivity index (χ0v) is 16.9. The molecular weight excluding hydrogens is 321 g/mol. The highest BCUT2D eigenvalue weighted by Crippen LogP contribution is 2.41. The largest absolute Gasteiger partial charge is 0.490 e. The van der Waals surface area contributed by atoms with Crippen molar-refractivity contribution in [2.24, 2.45) is 0 Å². The van der Waals surface area contributed by atoms with Crippen LogP contribution in [0.4, 0.5) is 4.79 Å². The fourth-order valence-electron chi connectivity index (χ4n) is 2.94. The fourth-order valence-corrected chi connectivity index (χ4v) is 2.94. The number of ether oxygens (including phenoxy) is 1. The van der Waals surface area contributed by atoms with Gasteiger partial charge in [0.1, 0.15) is 5.60 Å². The first-order valence-electron chi connectivity index (χ1n) is 8.69. The summed E-state index contributed by atoms with van der Waals surface area (Å²) < 4.78 is 17.5. The molecule has 0 atom stereocenters. The van der Waals surface area contributed by atoms with Gasteiger partial charge in [-0.15, -0.1) is 0 Å². The van der Waals surface area contributed by atoms with Gasteiger partial charge in [0.2, 0.25) is 0 Å². The zero-order valence-electron chi connectivity index (χ0n) is 16.9. The Kier molecular flexibility index (Phi) is 4.67. The lowest BCUT2D eigenvalue weighted by Gasteiger charge is -2.40. The lowest BCUT2D eigenvalue weighted by Crippen LogP contribution is -2.55. The number of imide groups is 1. The molecule has 2 amide bonds. The second-order valence-corrected chi connectivity index (χ2v) is 9.45. The van der Waals surface area contributed by atoms with Gasteiger partial charge in [0, 0.05) is 0 Å². The van der Waals surface area contributed by atoms with E-state index in [2.05, 4.69) is 0 Å². The van der Waals surface area contributed by atoms with Crippen LogP contribution in [0.1, 0.15) is 68.7 Å². The summed E-state index contributed by atoms with van der Waals surface area (Å²) in [6, 6.07) is 0. The van der Waals surface area contributed by atoms with Crippen molar-refractivity contribution in [3.8, 4) is 0 Å². The zero-order chi connectivity index (χ0) is 19.4. The first-order chi connectivity index (χ1) is 11.1. The lowest BCUT2D eigenvalue weighted by atomic mass is 9.70. The minimum atomic E-state index is -0.729. The van der Waals surface area contributed by atoms with E-state index in [9.17, 15) is 9.59 Å². The highest BCUT2D eigenvalue weighted by molar-refractivity contribution is 6.55. The maximum Gasteiger partial charge on any atom is 0.490 e. The molecule has 2 rings (SSSR count). The number of hydrogen-bond acceptors (Lipinski definition) is 5. The van der Waals surface area contributed by atoms with Crippen molar-refractivity contribution in [2.45, 2.75) is 91.1 Å². The average molecular weight is 351 g/mol. The van der Waals surface area contributed by atoms with Crippen molar-refractivity contribution < 1.29 is 23.6 Å². The van der Waals surface area contributed by atoms with E-state index in [1.165, 1.54) is 11.0 Å².